The summed E-state index contributed by atoms with van der Waals surface area (Å²) in [6.07, 6.45) is 8.47. The molecule has 1 N–H and O–H groups in total. The number of carbonyl (C=O) groups is 1. The van der Waals surface area contributed by atoms with Crippen molar-refractivity contribution in [2.45, 2.75) is 14.4 Å². The smallest absolute Gasteiger partial charge is 0.331 e. The first kappa shape index (κ1) is 20.0. The average Bonchev–Trinajstić information content (AvgIpc) is 3.07. The fraction of sp³-hybridized carbons (Fsp3) is 0.190. The molecule has 0 saturated heterocycles. The number of benzene rings is 1. The summed E-state index contributed by atoms with van der Waals surface area (Å²) in [6.45, 7) is 9.66. The molecule has 2 aromatic rings. The highest BCUT2D eigenvalue weighted by Crippen LogP contribution is 2.34. The number of rotatable bonds is 7. The zero-order valence-corrected chi connectivity index (χ0v) is 14.0. The van der Waals surface area contributed by atoms with Crippen LogP contribution in [0.4, 0.5) is 0 Å². The number of aromatic nitrogens is 1. The third kappa shape index (κ3) is 4.29. The molecule has 0 aliphatic carbocycles. The normalized spacial score (nSPS) is 11.6. The number of nitrogens with one attached hydrogen (secondary N) is 1. The van der Waals surface area contributed by atoms with Gasteiger partial charge in [-0.05, 0) is 41.8 Å². The second-order valence-corrected chi connectivity index (χ2v) is 4.95. The molecule has 0 aliphatic rings. The van der Waals surface area contributed by atoms with Gasteiger partial charge in [0.2, 0.25) is 0 Å². The third-order valence-corrected chi connectivity index (χ3v) is 3.57. The highest BCUT2D eigenvalue weighted by molar-refractivity contribution is 6.04. The van der Waals surface area contributed by atoms with Crippen LogP contribution in [0.1, 0.15) is 19.9 Å². The van der Waals surface area contributed by atoms with Gasteiger partial charge in [-0.15, -0.1) is 0 Å². The number of hydrogen-bond acceptors (Lipinski definition) is 3. The van der Waals surface area contributed by atoms with Gasteiger partial charge in [-0.1, -0.05) is 38.8 Å². The lowest BCUT2D eigenvalue weighted by atomic mass is 9.94. The Labute approximate surface area is 149 Å². The maximum atomic E-state index is 12.0. The van der Waals surface area contributed by atoms with Gasteiger partial charge in [0.05, 0.1) is 19.2 Å². The molecule has 0 amide bonds. The molecular weight excluding hydrogens is 314 g/mol. The number of fused-ring (bicyclic) bond motifs is 1. The first-order chi connectivity index (χ1) is 11.7. The molecule has 2 rings (SSSR count). The lowest BCUT2D eigenvalue weighted by molar-refractivity contribution is -0.137. The van der Waals surface area contributed by atoms with E-state index in [2.05, 4.69) is 18.1 Å². The minimum Gasteiger partial charge on any atom is -0.495 e. The van der Waals surface area contributed by atoms with Crippen molar-refractivity contribution in [1.82, 2.24) is 4.98 Å². The number of esters is 1. The quantitative estimate of drug-likeness (QED) is 0.436. The van der Waals surface area contributed by atoms with Crippen molar-refractivity contribution in [3.8, 4) is 5.75 Å². The van der Waals surface area contributed by atoms with Crippen LogP contribution in [0.15, 0.2) is 67.4 Å². The van der Waals surface area contributed by atoms with Gasteiger partial charge in [0.1, 0.15) is 5.75 Å². The van der Waals surface area contributed by atoms with Gasteiger partial charge < -0.3 is 14.5 Å². The molecule has 1 heterocycles. The SMILES string of the molecule is C.C=C/C=C(C=C)/C(=C\C(=O)OCC)c1ccc(OC)c2[nH]ccc12. The average molecular weight is 339 g/mol. The highest BCUT2D eigenvalue weighted by atomic mass is 16.5. The fourth-order valence-electron chi connectivity index (χ4n) is 2.55. The van der Waals surface area contributed by atoms with Gasteiger partial charge in [0.25, 0.3) is 0 Å². The fourth-order valence-corrected chi connectivity index (χ4v) is 2.55. The van der Waals surface area contributed by atoms with E-state index in [-0.39, 0.29) is 7.43 Å². The summed E-state index contributed by atoms with van der Waals surface area (Å²) in [5.41, 5.74) is 3.25. The van der Waals surface area contributed by atoms with Crippen LogP contribution in [0, 0.1) is 0 Å². The minimum atomic E-state index is -0.399. The number of methoxy groups -OCH3 is 1. The lowest BCUT2D eigenvalue weighted by Gasteiger charge is -2.12. The molecule has 4 heteroatoms. The van der Waals surface area contributed by atoms with Crippen LogP contribution in [0.5, 0.6) is 5.75 Å². The van der Waals surface area contributed by atoms with Crippen LogP contribution in [0.3, 0.4) is 0 Å². The Morgan fingerprint density at radius 3 is 2.64 bits per heavy atom. The summed E-state index contributed by atoms with van der Waals surface area (Å²) in [6, 6.07) is 5.73. The molecule has 0 radical (unpaired) electrons. The van der Waals surface area contributed by atoms with Crippen molar-refractivity contribution in [3.63, 3.8) is 0 Å². The van der Waals surface area contributed by atoms with Crippen LogP contribution >= 0.6 is 0 Å². The Morgan fingerprint density at radius 1 is 1.28 bits per heavy atom. The summed E-state index contributed by atoms with van der Waals surface area (Å²) < 4.78 is 10.5. The van der Waals surface area contributed by atoms with Crippen LogP contribution in [0.25, 0.3) is 16.5 Å². The van der Waals surface area contributed by atoms with Gasteiger partial charge in [-0.3, -0.25) is 0 Å². The summed E-state index contributed by atoms with van der Waals surface area (Å²) in [4.78, 5) is 15.2. The van der Waals surface area contributed by atoms with E-state index in [1.807, 2.05) is 24.4 Å². The van der Waals surface area contributed by atoms with E-state index in [0.717, 1.165) is 33.4 Å². The van der Waals surface area contributed by atoms with Crippen LogP contribution in [0.2, 0.25) is 0 Å². The molecule has 1 aromatic carbocycles. The van der Waals surface area contributed by atoms with Crippen molar-refractivity contribution >= 4 is 22.4 Å². The second-order valence-electron chi connectivity index (χ2n) is 4.95. The Kier molecular flexibility index (Phi) is 7.47. The molecule has 0 atom stereocenters. The van der Waals surface area contributed by atoms with Crippen LogP contribution < -0.4 is 4.74 Å². The zero-order valence-electron chi connectivity index (χ0n) is 14.0. The maximum Gasteiger partial charge on any atom is 0.331 e. The third-order valence-electron chi connectivity index (χ3n) is 3.57. The number of allylic oxidation sites excluding steroid dienone is 5. The molecule has 25 heavy (non-hydrogen) atoms. The van der Waals surface area contributed by atoms with Gasteiger partial charge in [0, 0.05) is 17.7 Å². The monoisotopic (exact) mass is 339 g/mol. The first-order valence-corrected chi connectivity index (χ1v) is 7.64. The van der Waals surface area contributed by atoms with Gasteiger partial charge in [-0.2, -0.15) is 0 Å². The number of ether oxygens (including phenoxy) is 2. The molecular formula is C21H25NO3. The van der Waals surface area contributed by atoms with E-state index in [0.29, 0.717) is 6.61 Å². The molecule has 0 bridgehead atoms. The van der Waals surface area contributed by atoms with Crippen molar-refractivity contribution in [2.75, 3.05) is 13.7 Å². The maximum absolute atomic E-state index is 12.0. The summed E-state index contributed by atoms with van der Waals surface area (Å²) >= 11 is 0. The number of H-pyrrole nitrogens is 1. The van der Waals surface area contributed by atoms with Gasteiger partial charge in [-0.25, -0.2) is 4.79 Å². The Morgan fingerprint density at radius 2 is 2.04 bits per heavy atom. The lowest BCUT2D eigenvalue weighted by Crippen LogP contribution is -2.02. The number of carbonyl (C=O) groups excluding carboxylic acids is 1. The predicted octanol–water partition coefficient (Wildman–Crippen LogP) is 5.06. The predicted molar refractivity (Wildman–Crippen MR) is 105 cm³/mol. The second kappa shape index (κ2) is 9.33. The molecule has 132 valence electrons. The van der Waals surface area contributed by atoms with Crippen molar-refractivity contribution in [3.05, 3.63) is 73.0 Å². The van der Waals surface area contributed by atoms with Gasteiger partial charge >= 0.3 is 5.97 Å². The Bertz CT molecular complexity index is 825. The van der Waals surface area contributed by atoms with E-state index in [1.54, 1.807) is 32.3 Å². The van der Waals surface area contributed by atoms with Crippen molar-refractivity contribution in [1.29, 1.82) is 0 Å². The Hall–Kier alpha value is -3.01. The molecule has 0 saturated carbocycles. The highest BCUT2D eigenvalue weighted by Gasteiger charge is 2.14. The molecule has 0 fully saturated rings. The summed E-state index contributed by atoms with van der Waals surface area (Å²) in [5.74, 6) is 0.339. The first-order valence-electron chi connectivity index (χ1n) is 7.64. The van der Waals surface area contributed by atoms with Crippen molar-refractivity contribution < 1.29 is 14.3 Å². The zero-order chi connectivity index (χ0) is 17.5. The van der Waals surface area contributed by atoms with Crippen molar-refractivity contribution in [2.24, 2.45) is 0 Å². The van der Waals surface area contributed by atoms with E-state index in [1.165, 1.54) is 6.08 Å². The molecule has 0 spiro atoms. The van der Waals surface area contributed by atoms with Crippen LogP contribution in [-0.2, 0) is 9.53 Å². The standard InChI is InChI=1S/C20H21NO3.CH4/c1-5-8-14(6-2)17(13-19(22)24-7-3)15-9-10-18(23-4)20-16(15)11-12-21-20;/h5-6,8-13,21H,1-2,7H2,3-4H3;1H4/b14-8+,17-13+;. The Balaban J connectivity index is 0.00000312. The van der Waals surface area contributed by atoms with E-state index >= 15 is 0 Å². The largest absolute Gasteiger partial charge is 0.495 e. The number of hydrogen-bond donors (Lipinski definition) is 1. The summed E-state index contributed by atoms with van der Waals surface area (Å²) in [5, 5.41) is 0.946. The molecule has 0 aliphatic heterocycles. The summed E-state index contributed by atoms with van der Waals surface area (Å²) in [7, 11) is 1.62. The molecule has 1 aromatic heterocycles. The van der Waals surface area contributed by atoms with E-state index < -0.39 is 5.97 Å². The number of aromatic amines is 1. The molecule has 4 nitrogen and oxygen atoms in total. The topological polar surface area (TPSA) is 51.3 Å². The van der Waals surface area contributed by atoms with Gasteiger partial charge in [0.15, 0.2) is 0 Å². The molecule has 0 unspecified atom stereocenters. The van der Waals surface area contributed by atoms with Crippen LogP contribution in [-0.4, -0.2) is 24.7 Å². The van der Waals surface area contributed by atoms with E-state index in [4.69, 9.17) is 9.47 Å². The minimum absolute atomic E-state index is 0. The van der Waals surface area contributed by atoms with E-state index in [9.17, 15) is 4.79 Å².